The molecular weight excluding hydrogens is 210 g/mol. The molecule has 0 heterocycles. The topological polar surface area (TPSA) is 29.1 Å². The summed E-state index contributed by atoms with van der Waals surface area (Å²) < 4.78 is 0. The van der Waals surface area contributed by atoms with Gasteiger partial charge in [0.15, 0.2) is 0 Å². The lowest BCUT2D eigenvalue weighted by Gasteiger charge is -2.44. The van der Waals surface area contributed by atoms with Crippen molar-refractivity contribution in [3.63, 3.8) is 0 Å². The van der Waals surface area contributed by atoms with Crippen LogP contribution in [-0.2, 0) is 10.3 Å². The van der Waals surface area contributed by atoms with Crippen LogP contribution >= 0.6 is 0 Å². The minimum absolute atomic E-state index is 0.106. The first kappa shape index (κ1) is 12.2. The van der Waals surface area contributed by atoms with Crippen LogP contribution in [0, 0.1) is 5.41 Å². The maximum absolute atomic E-state index is 12.1. The Kier molecular flexibility index (Phi) is 2.98. The van der Waals surface area contributed by atoms with Crippen molar-refractivity contribution in [1.29, 1.82) is 0 Å². The molecule has 0 spiro atoms. The SMILES string of the molecule is CC(C)(C)C(=O)NC1(c2ccccc2)CCC1. The van der Waals surface area contributed by atoms with Gasteiger partial charge in [-0.05, 0) is 24.8 Å². The molecule has 0 saturated heterocycles. The fourth-order valence-electron chi connectivity index (χ4n) is 2.18. The summed E-state index contributed by atoms with van der Waals surface area (Å²) in [6.45, 7) is 5.87. The largest absolute Gasteiger partial charge is 0.346 e. The van der Waals surface area contributed by atoms with E-state index in [2.05, 4.69) is 17.4 Å². The molecule has 2 nitrogen and oxygen atoms in total. The predicted octanol–water partition coefficient (Wildman–Crippen LogP) is 3.23. The number of amides is 1. The summed E-state index contributed by atoms with van der Waals surface area (Å²) in [6, 6.07) is 10.3. The second-order valence-corrected chi connectivity index (χ2v) is 6.01. The zero-order chi connectivity index (χ0) is 12.5. The van der Waals surface area contributed by atoms with Gasteiger partial charge in [0.05, 0.1) is 5.54 Å². The fourth-order valence-corrected chi connectivity index (χ4v) is 2.18. The molecule has 0 aliphatic heterocycles. The molecule has 0 radical (unpaired) electrons. The van der Waals surface area contributed by atoms with Crippen LogP contribution in [0.4, 0.5) is 0 Å². The number of carbonyl (C=O) groups excluding carboxylic acids is 1. The van der Waals surface area contributed by atoms with Crippen molar-refractivity contribution in [2.45, 2.75) is 45.6 Å². The molecule has 92 valence electrons. The predicted molar refractivity (Wildman–Crippen MR) is 69.6 cm³/mol. The van der Waals surface area contributed by atoms with Gasteiger partial charge in [0.25, 0.3) is 0 Å². The van der Waals surface area contributed by atoms with E-state index < -0.39 is 0 Å². The first-order valence-corrected chi connectivity index (χ1v) is 6.32. The highest BCUT2D eigenvalue weighted by Gasteiger charge is 2.41. The maximum Gasteiger partial charge on any atom is 0.226 e. The Hall–Kier alpha value is -1.31. The van der Waals surface area contributed by atoms with Crippen LogP contribution in [0.5, 0.6) is 0 Å². The molecule has 1 amide bonds. The van der Waals surface area contributed by atoms with E-state index >= 15 is 0 Å². The number of carbonyl (C=O) groups is 1. The van der Waals surface area contributed by atoms with Crippen molar-refractivity contribution in [2.75, 3.05) is 0 Å². The zero-order valence-corrected chi connectivity index (χ0v) is 10.9. The Balaban J connectivity index is 2.20. The van der Waals surface area contributed by atoms with Crippen LogP contribution < -0.4 is 5.32 Å². The molecule has 1 aliphatic rings. The summed E-state index contributed by atoms with van der Waals surface area (Å²) in [6.07, 6.45) is 3.30. The number of benzene rings is 1. The smallest absolute Gasteiger partial charge is 0.226 e. The van der Waals surface area contributed by atoms with Crippen molar-refractivity contribution in [3.05, 3.63) is 35.9 Å². The first-order valence-electron chi connectivity index (χ1n) is 6.32. The minimum atomic E-state index is -0.322. The molecule has 1 aliphatic carbocycles. The lowest BCUT2D eigenvalue weighted by atomic mass is 9.71. The molecule has 1 aromatic carbocycles. The van der Waals surface area contributed by atoms with Gasteiger partial charge in [-0.15, -0.1) is 0 Å². The summed E-state index contributed by atoms with van der Waals surface area (Å²) in [5.74, 6) is 0.140. The van der Waals surface area contributed by atoms with Gasteiger partial charge in [-0.1, -0.05) is 51.1 Å². The van der Waals surface area contributed by atoms with Crippen molar-refractivity contribution in [3.8, 4) is 0 Å². The van der Waals surface area contributed by atoms with E-state index in [-0.39, 0.29) is 16.9 Å². The summed E-state index contributed by atoms with van der Waals surface area (Å²) in [5, 5.41) is 3.25. The Morgan fingerprint density at radius 1 is 1.18 bits per heavy atom. The molecule has 0 bridgehead atoms. The van der Waals surface area contributed by atoms with Gasteiger partial charge in [-0.3, -0.25) is 4.79 Å². The molecule has 1 saturated carbocycles. The molecule has 17 heavy (non-hydrogen) atoms. The van der Waals surface area contributed by atoms with Crippen LogP contribution in [0.15, 0.2) is 30.3 Å². The minimum Gasteiger partial charge on any atom is -0.346 e. The van der Waals surface area contributed by atoms with Crippen molar-refractivity contribution in [2.24, 2.45) is 5.41 Å². The van der Waals surface area contributed by atoms with Crippen molar-refractivity contribution < 1.29 is 4.79 Å². The van der Waals surface area contributed by atoms with Gasteiger partial charge in [-0.2, -0.15) is 0 Å². The highest BCUT2D eigenvalue weighted by Crippen LogP contribution is 2.41. The Bertz CT molecular complexity index is 399. The summed E-state index contributed by atoms with van der Waals surface area (Å²) in [5.41, 5.74) is 0.812. The third-order valence-electron chi connectivity index (χ3n) is 3.57. The first-order chi connectivity index (χ1) is 7.94. The van der Waals surface area contributed by atoms with Crippen LogP contribution in [0.25, 0.3) is 0 Å². The monoisotopic (exact) mass is 231 g/mol. The number of rotatable bonds is 2. The van der Waals surface area contributed by atoms with Crippen LogP contribution in [-0.4, -0.2) is 5.91 Å². The van der Waals surface area contributed by atoms with Gasteiger partial charge >= 0.3 is 0 Å². The summed E-state index contributed by atoms with van der Waals surface area (Å²) in [7, 11) is 0. The third kappa shape index (κ3) is 2.36. The maximum atomic E-state index is 12.1. The molecular formula is C15H21NO. The Labute approximate surface area is 103 Å². The van der Waals surface area contributed by atoms with Gasteiger partial charge < -0.3 is 5.32 Å². The summed E-state index contributed by atoms with van der Waals surface area (Å²) >= 11 is 0. The van der Waals surface area contributed by atoms with Crippen molar-refractivity contribution in [1.82, 2.24) is 5.32 Å². The van der Waals surface area contributed by atoms with Gasteiger partial charge in [0.1, 0.15) is 0 Å². The van der Waals surface area contributed by atoms with E-state index in [9.17, 15) is 4.79 Å². The molecule has 1 N–H and O–H groups in total. The normalized spacial score (nSPS) is 18.3. The average molecular weight is 231 g/mol. The fraction of sp³-hybridized carbons (Fsp3) is 0.533. The van der Waals surface area contributed by atoms with E-state index in [0.717, 1.165) is 12.8 Å². The van der Waals surface area contributed by atoms with E-state index in [0.29, 0.717) is 0 Å². The second kappa shape index (κ2) is 4.17. The molecule has 2 rings (SSSR count). The standard InChI is InChI=1S/C15H21NO/c1-14(2,3)13(17)16-15(10-7-11-15)12-8-5-4-6-9-12/h4-6,8-9H,7,10-11H2,1-3H3,(H,16,17). The lowest BCUT2D eigenvalue weighted by Crippen LogP contribution is -2.53. The molecule has 0 aromatic heterocycles. The van der Waals surface area contributed by atoms with E-state index in [1.807, 2.05) is 39.0 Å². The third-order valence-corrected chi connectivity index (χ3v) is 3.57. The molecule has 0 atom stereocenters. The average Bonchev–Trinajstić information content (AvgIpc) is 2.23. The highest BCUT2D eigenvalue weighted by molar-refractivity contribution is 5.82. The highest BCUT2D eigenvalue weighted by atomic mass is 16.2. The van der Waals surface area contributed by atoms with E-state index in [1.54, 1.807) is 0 Å². The van der Waals surface area contributed by atoms with Crippen LogP contribution in [0.2, 0.25) is 0 Å². The van der Waals surface area contributed by atoms with Gasteiger partial charge in [0.2, 0.25) is 5.91 Å². The molecule has 1 fully saturated rings. The Morgan fingerprint density at radius 3 is 2.18 bits per heavy atom. The number of hydrogen-bond donors (Lipinski definition) is 1. The quantitative estimate of drug-likeness (QED) is 0.832. The number of nitrogens with one attached hydrogen (secondary N) is 1. The molecule has 2 heteroatoms. The lowest BCUT2D eigenvalue weighted by molar-refractivity contribution is -0.132. The van der Waals surface area contributed by atoms with Crippen molar-refractivity contribution >= 4 is 5.91 Å². The van der Waals surface area contributed by atoms with E-state index in [4.69, 9.17) is 0 Å². The van der Waals surface area contributed by atoms with Gasteiger partial charge in [0, 0.05) is 5.41 Å². The van der Waals surface area contributed by atoms with Gasteiger partial charge in [-0.25, -0.2) is 0 Å². The second-order valence-electron chi connectivity index (χ2n) is 6.01. The molecule has 1 aromatic rings. The van der Waals surface area contributed by atoms with Crippen LogP contribution in [0.1, 0.15) is 45.6 Å². The van der Waals surface area contributed by atoms with E-state index in [1.165, 1.54) is 12.0 Å². The zero-order valence-electron chi connectivity index (χ0n) is 10.9. The number of hydrogen-bond acceptors (Lipinski definition) is 1. The Morgan fingerprint density at radius 2 is 1.76 bits per heavy atom. The van der Waals surface area contributed by atoms with Crippen LogP contribution in [0.3, 0.4) is 0 Å². The molecule has 0 unspecified atom stereocenters. The summed E-state index contributed by atoms with van der Waals surface area (Å²) in [4.78, 5) is 12.1.